The van der Waals surface area contributed by atoms with Crippen molar-refractivity contribution in [3.05, 3.63) is 29.8 Å². The summed E-state index contributed by atoms with van der Waals surface area (Å²) in [5.41, 5.74) is 0.883. The summed E-state index contributed by atoms with van der Waals surface area (Å²) < 4.78 is 5.11. The van der Waals surface area contributed by atoms with Gasteiger partial charge in [0.15, 0.2) is 12.6 Å². The molecule has 22 heavy (non-hydrogen) atoms. The molecule has 0 amide bonds. The van der Waals surface area contributed by atoms with E-state index in [2.05, 4.69) is 11.8 Å². The number of rotatable bonds is 9. The van der Waals surface area contributed by atoms with Crippen molar-refractivity contribution in [2.75, 3.05) is 19.1 Å². The summed E-state index contributed by atoms with van der Waals surface area (Å²) in [5, 5.41) is 0. The number of hydrogen-bond donors (Lipinski definition) is 6. The molecule has 0 aliphatic heterocycles. The van der Waals surface area contributed by atoms with Crippen LogP contribution in [0.3, 0.4) is 0 Å². The van der Waals surface area contributed by atoms with Gasteiger partial charge in [-0.1, -0.05) is 12.1 Å². The number of hydrogen-bond acceptors (Lipinski definition) is 9. The smallest absolute Gasteiger partial charge is 0.419 e. The van der Waals surface area contributed by atoms with Gasteiger partial charge in [-0.05, 0) is 35.9 Å². The van der Waals surface area contributed by atoms with E-state index >= 15 is 0 Å². The van der Waals surface area contributed by atoms with E-state index in [0.29, 0.717) is 19.8 Å². The van der Waals surface area contributed by atoms with Crippen LogP contribution < -0.4 is 4.52 Å². The van der Waals surface area contributed by atoms with Gasteiger partial charge in [-0.25, -0.2) is 4.90 Å². The van der Waals surface area contributed by atoms with E-state index in [-0.39, 0.29) is 6.54 Å². The van der Waals surface area contributed by atoms with Gasteiger partial charge in [0.1, 0.15) is 5.75 Å². The summed E-state index contributed by atoms with van der Waals surface area (Å²) in [6, 6.07) is 7.02. The first-order valence-corrected chi connectivity index (χ1v) is 11.5. The molecule has 0 aromatic heterocycles. The Kier molecular flexibility index (Phi) is 8.09. The van der Waals surface area contributed by atoms with Gasteiger partial charge in [0.25, 0.3) is 0 Å². The summed E-state index contributed by atoms with van der Waals surface area (Å²) in [6.45, 7) is 0.187. The topological polar surface area (TPSA) is 134 Å². The Labute approximate surface area is 135 Å². The molecule has 0 aliphatic rings. The third-order valence-corrected chi connectivity index (χ3v) is 4.63. The van der Waals surface area contributed by atoms with Crippen LogP contribution in [0.25, 0.3) is 0 Å². The highest BCUT2D eigenvalue weighted by atomic mass is 32.4. The quantitative estimate of drug-likeness (QED) is 0.336. The van der Waals surface area contributed by atoms with Crippen LogP contribution in [0.2, 0.25) is 0 Å². The second kappa shape index (κ2) is 8.83. The molecule has 0 radical (unpaired) electrons. The lowest BCUT2D eigenvalue weighted by atomic mass is 10.1. The highest BCUT2D eigenvalue weighted by Crippen LogP contribution is 2.49. The van der Waals surface area contributed by atoms with Gasteiger partial charge in [-0.2, -0.15) is 29.4 Å². The fourth-order valence-corrected chi connectivity index (χ4v) is 3.95. The lowest BCUT2D eigenvalue weighted by Crippen LogP contribution is -2.30. The molecule has 0 aliphatic carbocycles. The normalized spacial score (nSPS) is 12.9. The van der Waals surface area contributed by atoms with Crippen LogP contribution in [0, 0.1) is 0 Å². The van der Waals surface area contributed by atoms with Crippen molar-refractivity contribution in [2.45, 2.75) is 6.42 Å². The summed E-state index contributed by atoms with van der Waals surface area (Å²) in [7, 11) is -7.87. The molecule has 1 aromatic rings. The summed E-state index contributed by atoms with van der Waals surface area (Å²) in [5.74, 6) is 0.620. The van der Waals surface area contributed by atoms with Crippen molar-refractivity contribution < 1.29 is 33.9 Å². The molecule has 1 rings (SSSR count). The minimum Gasteiger partial charge on any atom is -0.429 e. The fraction of sp³-hybridized carbons (Fsp3) is 0.400. The average molecular weight is 389 g/mol. The maximum Gasteiger partial charge on any atom is 0.419 e. The van der Waals surface area contributed by atoms with Crippen LogP contribution >= 0.6 is 23.5 Å². The zero-order valence-electron chi connectivity index (χ0n) is 11.4. The molecule has 0 saturated heterocycles. The molecule has 0 bridgehead atoms. The summed E-state index contributed by atoms with van der Waals surface area (Å²) in [6.07, 6.45) is -0.662. The molecule has 0 saturated carbocycles. The molecule has 124 valence electrons. The van der Waals surface area contributed by atoms with Gasteiger partial charge in [-0.15, -0.1) is 0 Å². The summed E-state index contributed by atoms with van der Waals surface area (Å²) in [4.78, 5) is 55.8. The van der Waals surface area contributed by atoms with Crippen molar-refractivity contribution >= 4 is 35.3 Å². The van der Waals surface area contributed by atoms with Crippen molar-refractivity contribution in [3.63, 3.8) is 0 Å². The molecule has 12 heteroatoms. The number of nitrogens with zero attached hydrogens (tertiary/aromatic N) is 1. The maximum atomic E-state index is 9.10. The minimum absolute atomic E-state index is 0.187. The third kappa shape index (κ3) is 9.30. The van der Waals surface area contributed by atoms with Gasteiger partial charge in [0.05, 0.1) is 0 Å². The molecular formula is C10H18NO7P3S+2. The molecule has 0 spiro atoms. The van der Waals surface area contributed by atoms with Crippen LogP contribution in [0.1, 0.15) is 5.56 Å². The minimum atomic E-state index is -4.12. The monoisotopic (exact) mass is 389 g/mol. The van der Waals surface area contributed by atoms with E-state index in [1.807, 2.05) is 0 Å². The molecule has 6 N–H and O–H groups in total. The predicted molar refractivity (Wildman–Crippen MR) is 88.7 cm³/mol. The zero-order chi connectivity index (χ0) is 16.8. The van der Waals surface area contributed by atoms with Gasteiger partial charge < -0.3 is 4.52 Å². The van der Waals surface area contributed by atoms with Gasteiger partial charge >= 0.3 is 15.9 Å². The molecule has 0 unspecified atom stereocenters. The Balaban J connectivity index is 2.63. The van der Waals surface area contributed by atoms with Crippen molar-refractivity contribution in [1.82, 2.24) is 4.90 Å². The van der Waals surface area contributed by atoms with Gasteiger partial charge in [0, 0.05) is 6.54 Å². The van der Waals surface area contributed by atoms with Crippen molar-refractivity contribution in [3.8, 4) is 5.75 Å². The van der Waals surface area contributed by atoms with Crippen LogP contribution in [-0.4, -0.2) is 53.4 Å². The van der Waals surface area contributed by atoms with E-state index in [9.17, 15) is 0 Å². The Hall–Kier alpha value is 0.120. The number of benzene rings is 1. The third-order valence-electron chi connectivity index (χ3n) is 2.56. The van der Waals surface area contributed by atoms with Crippen molar-refractivity contribution in [1.29, 1.82) is 0 Å². The van der Waals surface area contributed by atoms with Crippen LogP contribution in [0.5, 0.6) is 5.75 Å². The first-order chi connectivity index (χ1) is 10.1. The summed E-state index contributed by atoms with van der Waals surface area (Å²) >= 11 is 4.66. The molecule has 0 fully saturated rings. The SMILES string of the molecule is O[P+](O)(O)CN(CCc1ccc(OP=S)cc1)C[P+](O)(O)O. The molecule has 8 nitrogen and oxygen atoms in total. The largest absolute Gasteiger partial charge is 0.429 e. The lowest BCUT2D eigenvalue weighted by Gasteiger charge is -2.20. The standard InChI is InChI=1S/C10H18NO7P3S/c12-20(13,14)7-11(8-21(15,16)17)6-5-9-1-3-10(4-2-9)18-19-22/h1-4,12-17H,5-8H2/q+2. The van der Waals surface area contributed by atoms with Gasteiger partial charge in [-0.3, -0.25) is 0 Å². The Bertz CT molecular complexity index is 461. The average Bonchev–Trinajstić information content (AvgIpc) is 2.34. The second-order valence-electron chi connectivity index (χ2n) is 4.62. The van der Waals surface area contributed by atoms with Crippen LogP contribution in [0.15, 0.2) is 24.3 Å². The fourth-order valence-electron chi connectivity index (χ4n) is 1.77. The van der Waals surface area contributed by atoms with E-state index < -0.39 is 28.5 Å². The molecular weight excluding hydrogens is 371 g/mol. The molecule has 1 aromatic carbocycles. The van der Waals surface area contributed by atoms with E-state index in [4.69, 9.17) is 33.9 Å². The predicted octanol–water partition coefficient (Wildman–Crippen LogP) is 0.627. The Morgan fingerprint density at radius 1 is 0.955 bits per heavy atom. The zero-order valence-corrected chi connectivity index (χ0v) is 14.9. The second-order valence-corrected chi connectivity index (χ2v) is 8.74. The van der Waals surface area contributed by atoms with E-state index in [1.165, 1.54) is 4.90 Å². The van der Waals surface area contributed by atoms with Crippen LogP contribution in [-0.2, 0) is 18.2 Å². The highest BCUT2D eigenvalue weighted by molar-refractivity contribution is 7.94. The van der Waals surface area contributed by atoms with E-state index in [0.717, 1.165) is 5.56 Å². The Morgan fingerprint density at radius 3 is 1.86 bits per heavy atom. The highest BCUT2D eigenvalue weighted by Gasteiger charge is 2.40. The maximum absolute atomic E-state index is 9.10. The van der Waals surface area contributed by atoms with Crippen molar-refractivity contribution in [2.24, 2.45) is 0 Å². The van der Waals surface area contributed by atoms with E-state index in [1.54, 1.807) is 24.3 Å². The Morgan fingerprint density at radius 2 is 1.45 bits per heavy atom. The first kappa shape index (κ1) is 20.2. The molecule has 0 atom stereocenters. The van der Waals surface area contributed by atoms with Gasteiger partial charge in [0.2, 0.25) is 7.58 Å². The first-order valence-electron chi connectivity index (χ1n) is 6.03. The lowest BCUT2D eigenvalue weighted by molar-refractivity contribution is 0.248. The molecule has 0 heterocycles. The van der Waals surface area contributed by atoms with Crippen LogP contribution in [0.4, 0.5) is 0 Å².